The lowest BCUT2D eigenvalue weighted by Gasteiger charge is -2.21. The number of aromatic nitrogens is 2. The van der Waals surface area contributed by atoms with Crippen LogP contribution in [0.4, 0.5) is 0 Å². The van der Waals surface area contributed by atoms with Gasteiger partial charge in [0, 0.05) is 19.0 Å². The molecule has 24 heavy (non-hydrogen) atoms. The average molecular weight is 326 g/mol. The van der Waals surface area contributed by atoms with E-state index in [2.05, 4.69) is 22.5 Å². The number of carbonyl (C=O) groups excluding carboxylic acids is 2. The number of aryl methyl sites for hydroxylation is 1. The summed E-state index contributed by atoms with van der Waals surface area (Å²) < 4.78 is 2.96. The molecular weight excluding hydrogens is 308 g/mol. The van der Waals surface area contributed by atoms with Gasteiger partial charge in [-0.05, 0) is 31.7 Å². The summed E-state index contributed by atoms with van der Waals surface area (Å²) in [5, 5.41) is 5.24. The molecule has 1 unspecified atom stereocenters. The molecule has 1 saturated heterocycles. The summed E-state index contributed by atoms with van der Waals surface area (Å²) >= 11 is 0. The number of hydrogen-bond acceptors (Lipinski definition) is 4. The highest BCUT2D eigenvalue weighted by atomic mass is 16.2. The van der Waals surface area contributed by atoms with Crippen LogP contribution in [0.5, 0.6) is 0 Å². The average Bonchev–Trinajstić information content (AvgIpc) is 2.80. The van der Waals surface area contributed by atoms with Crippen LogP contribution < -0.4 is 16.3 Å². The number of amides is 2. The predicted octanol–water partition coefficient (Wildman–Crippen LogP) is -0.111. The number of fused-ring (bicyclic) bond motifs is 1. The Kier molecular flexibility index (Phi) is 4.23. The van der Waals surface area contributed by atoms with Crippen molar-refractivity contribution in [3.05, 3.63) is 34.2 Å². The molecule has 2 N–H and O–H groups in total. The van der Waals surface area contributed by atoms with Crippen LogP contribution in [-0.4, -0.2) is 34.5 Å². The fraction of sp³-hybridized carbons (Fsp3) is 0.353. The lowest BCUT2D eigenvalue weighted by molar-refractivity contribution is -0.135. The zero-order valence-corrected chi connectivity index (χ0v) is 13.5. The van der Waals surface area contributed by atoms with Crippen molar-refractivity contribution in [3.8, 4) is 11.8 Å². The Morgan fingerprint density at radius 3 is 2.79 bits per heavy atom. The maximum absolute atomic E-state index is 12.6. The summed E-state index contributed by atoms with van der Waals surface area (Å²) in [5.41, 5.74) is 1.89. The van der Waals surface area contributed by atoms with E-state index in [0.29, 0.717) is 24.0 Å². The monoisotopic (exact) mass is 326 g/mol. The molecule has 2 heterocycles. The summed E-state index contributed by atoms with van der Waals surface area (Å²) in [5.74, 6) is 5.27. The molecule has 7 nitrogen and oxygen atoms in total. The van der Waals surface area contributed by atoms with Crippen LogP contribution in [0.3, 0.4) is 0 Å². The third-order valence-electron chi connectivity index (χ3n) is 4.11. The molecule has 2 aromatic rings. The van der Waals surface area contributed by atoms with Crippen LogP contribution in [0.25, 0.3) is 11.0 Å². The van der Waals surface area contributed by atoms with Gasteiger partial charge in [0.1, 0.15) is 6.04 Å². The number of imidazole rings is 1. The van der Waals surface area contributed by atoms with Gasteiger partial charge in [0.15, 0.2) is 0 Å². The molecule has 0 bridgehead atoms. The molecule has 3 rings (SSSR count). The van der Waals surface area contributed by atoms with Crippen molar-refractivity contribution in [2.75, 3.05) is 13.6 Å². The van der Waals surface area contributed by atoms with Crippen molar-refractivity contribution in [2.45, 2.75) is 18.9 Å². The van der Waals surface area contributed by atoms with E-state index in [-0.39, 0.29) is 18.0 Å². The summed E-state index contributed by atoms with van der Waals surface area (Å²) in [7, 11) is 3.49. The van der Waals surface area contributed by atoms with Crippen LogP contribution in [0.1, 0.15) is 24.4 Å². The number of piperidine rings is 1. The van der Waals surface area contributed by atoms with Crippen LogP contribution in [0.15, 0.2) is 23.0 Å². The Labute approximate surface area is 138 Å². The van der Waals surface area contributed by atoms with E-state index in [1.807, 2.05) is 19.2 Å². The number of nitrogens with zero attached hydrogens (tertiary/aromatic N) is 2. The molecule has 0 saturated carbocycles. The van der Waals surface area contributed by atoms with Crippen LogP contribution in [0.2, 0.25) is 0 Å². The standard InChI is InChI=1S/C17H18N4O3/c1-18-9-3-4-11-5-6-12-14(10-11)20(2)17(24)21(12)13-7-8-15(22)19-16(13)23/h5-6,10,13,18H,7-9H2,1-2H3,(H,19,22,23). The number of hydrogen-bond donors (Lipinski definition) is 2. The van der Waals surface area contributed by atoms with Gasteiger partial charge in [0.05, 0.1) is 17.6 Å². The van der Waals surface area contributed by atoms with Gasteiger partial charge < -0.3 is 5.32 Å². The fourth-order valence-electron chi connectivity index (χ4n) is 2.91. The lowest BCUT2D eigenvalue weighted by Crippen LogP contribution is -2.44. The van der Waals surface area contributed by atoms with E-state index in [4.69, 9.17) is 0 Å². The first kappa shape index (κ1) is 16.0. The largest absolute Gasteiger partial charge is 0.329 e. The summed E-state index contributed by atoms with van der Waals surface area (Å²) in [6.07, 6.45) is 0.556. The third kappa shape index (κ3) is 2.72. The minimum Gasteiger partial charge on any atom is -0.309 e. The van der Waals surface area contributed by atoms with Crippen LogP contribution in [-0.2, 0) is 16.6 Å². The van der Waals surface area contributed by atoms with E-state index in [0.717, 1.165) is 5.56 Å². The Bertz CT molecular complexity index is 942. The lowest BCUT2D eigenvalue weighted by atomic mass is 10.1. The maximum Gasteiger partial charge on any atom is 0.329 e. The highest BCUT2D eigenvalue weighted by molar-refractivity contribution is 6.00. The molecule has 7 heteroatoms. The van der Waals surface area contributed by atoms with E-state index in [1.165, 1.54) is 9.13 Å². The first-order valence-electron chi connectivity index (χ1n) is 7.71. The molecule has 1 aromatic carbocycles. The van der Waals surface area contributed by atoms with Gasteiger partial charge >= 0.3 is 5.69 Å². The molecule has 0 spiro atoms. The van der Waals surface area contributed by atoms with Crippen molar-refractivity contribution in [1.82, 2.24) is 19.8 Å². The molecule has 1 atom stereocenters. The summed E-state index contributed by atoms with van der Waals surface area (Å²) in [4.78, 5) is 36.1. The first-order valence-corrected chi connectivity index (χ1v) is 7.71. The second kappa shape index (κ2) is 6.34. The second-order valence-corrected chi connectivity index (χ2v) is 5.71. The smallest absolute Gasteiger partial charge is 0.309 e. The summed E-state index contributed by atoms with van der Waals surface area (Å²) in [6, 6.07) is 4.79. The minimum atomic E-state index is -0.667. The van der Waals surface area contributed by atoms with Gasteiger partial charge in [0.2, 0.25) is 11.8 Å². The Morgan fingerprint density at radius 1 is 1.29 bits per heavy atom. The van der Waals surface area contributed by atoms with Crippen molar-refractivity contribution < 1.29 is 9.59 Å². The molecule has 1 aliphatic rings. The van der Waals surface area contributed by atoms with Crippen LogP contribution in [0, 0.1) is 11.8 Å². The quantitative estimate of drug-likeness (QED) is 0.596. The third-order valence-corrected chi connectivity index (χ3v) is 4.11. The molecule has 0 radical (unpaired) electrons. The van der Waals surface area contributed by atoms with Crippen molar-refractivity contribution >= 4 is 22.8 Å². The summed E-state index contributed by atoms with van der Waals surface area (Å²) in [6.45, 7) is 0.578. The van der Waals surface area contributed by atoms with Gasteiger partial charge in [-0.25, -0.2) is 4.79 Å². The fourth-order valence-corrected chi connectivity index (χ4v) is 2.91. The minimum absolute atomic E-state index is 0.229. The SMILES string of the molecule is CNCC#Cc1ccc2c(c1)n(C)c(=O)n2C1CCC(=O)NC1=O. The number of imide groups is 1. The number of benzene rings is 1. The Balaban J connectivity index is 2.09. The zero-order valence-electron chi connectivity index (χ0n) is 13.5. The highest BCUT2D eigenvalue weighted by Crippen LogP contribution is 2.23. The molecule has 1 aliphatic heterocycles. The molecule has 1 aromatic heterocycles. The molecule has 0 aliphatic carbocycles. The van der Waals surface area contributed by atoms with Gasteiger partial charge in [-0.1, -0.05) is 11.8 Å². The molecule has 1 fully saturated rings. The van der Waals surface area contributed by atoms with Gasteiger partial charge in [0.25, 0.3) is 0 Å². The van der Waals surface area contributed by atoms with E-state index < -0.39 is 11.9 Å². The van der Waals surface area contributed by atoms with Crippen molar-refractivity contribution in [1.29, 1.82) is 0 Å². The van der Waals surface area contributed by atoms with E-state index in [1.54, 1.807) is 13.1 Å². The Hall–Kier alpha value is -2.85. The van der Waals surface area contributed by atoms with Crippen LogP contribution >= 0.6 is 0 Å². The second-order valence-electron chi connectivity index (χ2n) is 5.71. The first-order chi connectivity index (χ1) is 11.5. The van der Waals surface area contributed by atoms with Gasteiger partial charge in [-0.15, -0.1) is 0 Å². The maximum atomic E-state index is 12.6. The van der Waals surface area contributed by atoms with E-state index in [9.17, 15) is 14.4 Å². The van der Waals surface area contributed by atoms with Gasteiger partial charge in [-0.2, -0.15) is 0 Å². The Morgan fingerprint density at radius 2 is 2.08 bits per heavy atom. The normalized spacial score (nSPS) is 17.5. The topological polar surface area (TPSA) is 85.1 Å². The highest BCUT2D eigenvalue weighted by Gasteiger charge is 2.31. The number of carbonyl (C=O) groups is 2. The van der Waals surface area contributed by atoms with Crippen molar-refractivity contribution in [2.24, 2.45) is 7.05 Å². The van der Waals surface area contributed by atoms with Gasteiger partial charge in [-0.3, -0.25) is 24.0 Å². The zero-order chi connectivity index (χ0) is 17.3. The predicted molar refractivity (Wildman–Crippen MR) is 89.4 cm³/mol. The molecule has 124 valence electrons. The molecular formula is C17H18N4O3. The van der Waals surface area contributed by atoms with Crippen molar-refractivity contribution in [3.63, 3.8) is 0 Å². The number of rotatable bonds is 2. The molecule has 2 amide bonds. The number of nitrogens with one attached hydrogen (secondary N) is 2. The van der Waals surface area contributed by atoms with E-state index >= 15 is 0 Å².